The van der Waals surface area contributed by atoms with Gasteiger partial charge in [-0.25, -0.2) is 4.79 Å². The molecule has 9 nitrogen and oxygen atoms in total. The second-order valence-electron chi connectivity index (χ2n) is 7.50. The van der Waals surface area contributed by atoms with E-state index in [1.165, 1.54) is 29.2 Å². The molecule has 5 rings (SSSR count). The first-order valence-electron chi connectivity index (χ1n) is 9.23. The Balaban J connectivity index is 1.36. The van der Waals surface area contributed by atoms with E-state index in [0.717, 1.165) is 12.6 Å². The molecule has 3 aliphatic rings. The molecule has 9 heteroatoms. The van der Waals surface area contributed by atoms with Gasteiger partial charge in [0.15, 0.2) is 0 Å². The first kappa shape index (κ1) is 17.4. The zero-order valence-electron chi connectivity index (χ0n) is 15.0. The zero-order valence-corrected chi connectivity index (χ0v) is 15.0. The Hall–Kier alpha value is -3.75. The average molecular weight is 392 g/mol. The van der Waals surface area contributed by atoms with E-state index in [1.807, 2.05) is 17.1 Å². The van der Waals surface area contributed by atoms with Crippen molar-refractivity contribution in [1.82, 2.24) is 9.97 Å². The van der Waals surface area contributed by atoms with Gasteiger partial charge in [-0.05, 0) is 42.5 Å². The van der Waals surface area contributed by atoms with Crippen LogP contribution in [0.25, 0.3) is 0 Å². The molecule has 2 bridgehead atoms. The Kier molecular flexibility index (Phi) is 3.67. The summed E-state index contributed by atoms with van der Waals surface area (Å²) in [5, 5.41) is 2.40. The number of amides is 3. The summed E-state index contributed by atoms with van der Waals surface area (Å²) in [6, 6.07) is 6.04. The van der Waals surface area contributed by atoms with Crippen molar-refractivity contribution in [2.75, 3.05) is 10.2 Å². The van der Waals surface area contributed by atoms with Crippen LogP contribution in [0, 0.1) is 23.7 Å². The van der Waals surface area contributed by atoms with E-state index in [4.69, 9.17) is 0 Å². The van der Waals surface area contributed by atoms with Gasteiger partial charge in [0.25, 0.3) is 11.5 Å². The lowest BCUT2D eigenvalue weighted by Gasteiger charge is -2.17. The molecular weight excluding hydrogens is 376 g/mol. The van der Waals surface area contributed by atoms with Crippen LogP contribution < -0.4 is 21.5 Å². The fourth-order valence-corrected chi connectivity index (χ4v) is 4.62. The van der Waals surface area contributed by atoms with Crippen molar-refractivity contribution in [1.29, 1.82) is 0 Å². The highest BCUT2D eigenvalue weighted by Gasteiger charge is 2.59. The maximum Gasteiger partial charge on any atom is 0.325 e. The molecule has 0 radical (unpaired) electrons. The molecule has 2 heterocycles. The normalized spacial score (nSPS) is 26.8. The standard InChI is InChI=1S/C20H16N4O5/c25-16(22-13-8-21-20(29)23-17(13)26)9-3-5-12(6-4-9)24-18(27)14-10-1-2-11(7-10)15(14)19(24)28/h1-6,8,10-11,14-15H,7H2,(H,22,25)(H2,21,23,26,29). The molecule has 3 N–H and O–H groups in total. The smallest absolute Gasteiger partial charge is 0.316 e. The van der Waals surface area contributed by atoms with Gasteiger partial charge in [-0.15, -0.1) is 0 Å². The summed E-state index contributed by atoms with van der Waals surface area (Å²) in [5.74, 6) is -1.24. The SMILES string of the molecule is O=C(Nc1c[nH]c(=O)[nH]c1=O)c1ccc(N2C(=O)C3C4C=CC(C4)C3C2=O)cc1. The first-order valence-corrected chi connectivity index (χ1v) is 9.23. The van der Waals surface area contributed by atoms with E-state index in [1.54, 1.807) is 0 Å². The zero-order chi connectivity index (χ0) is 20.3. The molecule has 146 valence electrons. The van der Waals surface area contributed by atoms with Crippen molar-refractivity contribution in [2.45, 2.75) is 6.42 Å². The topological polar surface area (TPSA) is 132 Å². The number of nitrogens with one attached hydrogen (secondary N) is 3. The fourth-order valence-electron chi connectivity index (χ4n) is 4.62. The molecule has 2 aromatic rings. The summed E-state index contributed by atoms with van der Waals surface area (Å²) < 4.78 is 0. The summed E-state index contributed by atoms with van der Waals surface area (Å²) in [7, 11) is 0. The second kappa shape index (κ2) is 6.13. The van der Waals surface area contributed by atoms with Crippen LogP contribution in [-0.4, -0.2) is 27.7 Å². The number of aromatic amines is 2. The molecule has 0 spiro atoms. The molecule has 1 aromatic heterocycles. The fraction of sp³-hybridized carbons (Fsp3) is 0.250. The lowest BCUT2D eigenvalue weighted by atomic mass is 9.85. The van der Waals surface area contributed by atoms with E-state index in [0.29, 0.717) is 5.69 Å². The Bertz CT molecular complexity index is 1160. The van der Waals surface area contributed by atoms with Crippen LogP contribution in [-0.2, 0) is 9.59 Å². The third kappa shape index (κ3) is 2.58. The minimum absolute atomic E-state index is 0.0978. The first-order chi connectivity index (χ1) is 13.9. The van der Waals surface area contributed by atoms with Gasteiger partial charge < -0.3 is 10.3 Å². The highest BCUT2D eigenvalue weighted by Crippen LogP contribution is 2.53. The van der Waals surface area contributed by atoms with Crippen LogP contribution in [0.15, 0.2) is 52.2 Å². The van der Waals surface area contributed by atoms with Crippen LogP contribution in [0.3, 0.4) is 0 Å². The number of hydrogen-bond donors (Lipinski definition) is 3. The molecule has 4 atom stereocenters. The Labute approximate surface area is 163 Å². The minimum atomic E-state index is -0.721. The number of fused-ring (bicyclic) bond motifs is 5. The summed E-state index contributed by atoms with van der Waals surface area (Å²) in [6.07, 6.45) is 6.04. The van der Waals surface area contributed by atoms with E-state index in [-0.39, 0.29) is 46.7 Å². The molecule has 2 aliphatic carbocycles. The lowest BCUT2D eigenvalue weighted by Crippen LogP contribution is -2.32. The molecule has 1 aromatic carbocycles. The van der Waals surface area contributed by atoms with Gasteiger partial charge in [0.05, 0.1) is 17.5 Å². The van der Waals surface area contributed by atoms with Crippen molar-refractivity contribution in [3.63, 3.8) is 0 Å². The third-order valence-corrected chi connectivity index (χ3v) is 5.93. The summed E-state index contributed by atoms with van der Waals surface area (Å²) in [6.45, 7) is 0. The molecule has 4 unspecified atom stereocenters. The highest BCUT2D eigenvalue weighted by atomic mass is 16.2. The van der Waals surface area contributed by atoms with Crippen molar-refractivity contribution >= 4 is 29.1 Å². The molecule has 1 saturated carbocycles. The average Bonchev–Trinajstić information content (AvgIpc) is 3.38. The number of hydrogen-bond acceptors (Lipinski definition) is 5. The monoisotopic (exact) mass is 392 g/mol. The number of allylic oxidation sites excluding steroid dienone is 2. The molecular formula is C20H16N4O5. The molecule has 2 fully saturated rings. The lowest BCUT2D eigenvalue weighted by molar-refractivity contribution is -0.123. The molecule has 29 heavy (non-hydrogen) atoms. The predicted molar refractivity (Wildman–Crippen MR) is 102 cm³/mol. The number of rotatable bonds is 3. The third-order valence-electron chi connectivity index (χ3n) is 5.93. The summed E-state index contributed by atoms with van der Waals surface area (Å²) in [4.78, 5) is 66.3. The van der Waals surface area contributed by atoms with Crippen LogP contribution in [0.4, 0.5) is 11.4 Å². The van der Waals surface area contributed by atoms with Crippen LogP contribution in [0.1, 0.15) is 16.8 Å². The van der Waals surface area contributed by atoms with Crippen LogP contribution >= 0.6 is 0 Å². The molecule has 1 aliphatic heterocycles. The van der Waals surface area contributed by atoms with E-state index in [2.05, 4.69) is 10.3 Å². The maximum absolute atomic E-state index is 12.8. The maximum atomic E-state index is 12.8. The number of benzene rings is 1. The molecule has 3 amide bonds. The van der Waals surface area contributed by atoms with Gasteiger partial charge in [-0.3, -0.25) is 29.1 Å². The van der Waals surface area contributed by atoms with Gasteiger partial charge in [0.1, 0.15) is 5.69 Å². The second-order valence-corrected chi connectivity index (χ2v) is 7.50. The van der Waals surface area contributed by atoms with Crippen LogP contribution in [0.2, 0.25) is 0 Å². The van der Waals surface area contributed by atoms with Crippen molar-refractivity contribution in [2.24, 2.45) is 23.7 Å². The van der Waals surface area contributed by atoms with Gasteiger partial charge in [0, 0.05) is 11.8 Å². The van der Waals surface area contributed by atoms with Crippen LogP contribution in [0.5, 0.6) is 0 Å². The van der Waals surface area contributed by atoms with Crippen molar-refractivity contribution < 1.29 is 14.4 Å². The largest absolute Gasteiger partial charge is 0.325 e. The minimum Gasteiger partial charge on any atom is -0.316 e. The summed E-state index contributed by atoms with van der Waals surface area (Å²) in [5.41, 5.74) is -0.834. The summed E-state index contributed by atoms with van der Waals surface area (Å²) >= 11 is 0. The van der Waals surface area contributed by atoms with Crippen molar-refractivity contribution in [3.8, 4) is 0 Å². The number of H-pyrrole nitrogens is 2. The van der Waals surface area contributed by atoms with E-state index in [9.17, 15) is 24.0 Å². The van der Waals surface area contributed by atoms with Gasteiger partial charge in [0.2, 0.25) is 11.8 Å². The number of imide groups is 1. The van der Waals surface area contributed by atoms with Crippen molar-refractivity contribution in [3.05, 3.63) is 69.0 Å². The number of aromatic nitrogens is 2. The number of carbonyl (C=O) groups excluding carboxylic acids is 3. The number of carbonyl (C=O) groups is 3. The highest BCUT2D eigenvalue weighted by molar-refractivity contribution is 6.23. The van der Waals surface area contributed by atoms with E-state index < -0.39 is 17.2 Å². The predicted octanol–water partition coefficient (Wildman–Crippen LogP) is 0.627. The van der Waals surface area contributed by atoms with Gasteiger partial charge >= 0.3 is 5.69 Å². The Morgan fingerprint density at radius 1 is 0.966 bits per heavy atom. The Morgan fingerprint density at radius 3 is 2.17 bits per heavy atom. The van der Waals surface area contributed by atoms with E-state index >= 15 is 0 Å². The Morgan fingerprint density at radius 2 is 1.59 bits per heavy atom. The number of nitrogens with zero attached hydrogens (tertiary/aromatic N) is 1. The van der Waals surface area contributed by atoms with Gasteiger partial charge in [-0.1, -0.05) is 12.2 Å². The number of anilines is 2. The van der Waals surface area contributed by atoms with Gasteiger partial charge in [-0.2, -0.15) is 0 Å². The quantitative estimate of drug-likeness (QED) is 0.521. The molecule has 1 saturated heterocycles.